The first kappa shape index (κ1) is 13.2. The topological polar surface area (TPSA) is 46.9 Å². The van der Waals surface area contributed by atoms with Crippen LogP contribution < -0.4 is 10.9 Å². The number of thiophene rings is 1. The van der Waals surface area contributed by atoms with Crippen LogP contribution >= 0.6 is 11.3 Å². The van der Waals surface area contributed by atoms with Crippen LogP contribution in [-0.4, -0.2) is 22.6 Å². The Labute approximate surface area is 111 Å². The highest BCUT2D eigenvalue weighted by molar-refractivity contribution is 7.17. The van der Waals surface area contributed by atoms with Gasteiger partial charge in [0.25, 0.3) is 5.56 Å². The smallest absolute Gasteiger partial charge is 0.271 e. The number of aryl methyl sites for hydroxylation is 2. The lowest BCUT2D eigenvalue weighted by Gasteiger charge is -2.06. The maximum absolute atomic E-state index is 12.2. The summed E-state index contributed by atoms with van der Waals surface area (Å²) in [5.74, 6) is 0. The van der Waals surface area contributed by atoms with Crippen LogP contribution in [0.1, 0.15) is 25.3 Å². The van der Waals surface area contributed by atoms with Crippen LogP contribution in [0, 0.1) is 6.92 Å². The van der Waals surface area contributed by atoms with Crippen molar-refractivity contribution >= 4 is 21.6 Å². The number of hydrogen-bond donors (Lipinski definition) is 1. The third-order valence-corrected chi connectivity index (χ3v) is 3.98. The fraction of sp³-hybridized carbons (Fsp3) is 0.538. The number of rotatable bonds is 6. The summed E-state index contributed by atoms with van der Waals surface area (Å²) in [7, 11) is 0. The van der Waals surface area contributed by atoms with Crippen molar-refractivity contribution in [1.82, 2.24) is 14.9 Å². The summed E-state index contributed by atoms with van der Waals surface area (Å²) < 4.78 is 2.49. The molecule has 0 unspecified atom stereocenters. The number of aromatic nitrogens is 2. The van der Waals surface area contributed by atoms with Gasteiger partial charge < -0.3 is 5.32 Å². The summed E-state index contributed by atoms with van der Waals surface area (Å²) in [6.07, 6.45) is 3.77. The number of fused-ring (bicyclic) bond motifs is 1. The molecule has 2 heterocycles. The highest BCUT2D eigenvalue weighted by atomic mass is 32.1. The lowest BCUT2D eigenvalue weighted by Crippen LogP contribution is -2.23. The van der Waals surface area contributed by atoms with Crippen molar-refractivity contribution in [3.63, 3.8) is 0 Å². The molecular weight excluding hydrogens is 246 g/mol. The summed E-state index contributed by atoms with van der Waals surface area (Å²) in [4.78, 5) is 16.5. The summed E-state index contributed by atoms with van der Waals surface area (Å²) in [5.41, 5.74) is 2.03. The van der Waals surface area contributed by atoms with Gasteiger partial charge in [0.15, 0.2) is 0 Å². The van der Waals surface area contributed by atoms with Gasteiger partial charge in [-0.2, -0.15) is 0 Å². The Balaban J connectivity index is 2.05. The highest BCUT2D eigenvalue weighted by Gasteiger charge is 2.07. The second kappa shape index (κ2) is 6.11. The molecular formula is C13H19N3OS. The van der Waals surface area contributed by atoms with Gasteiger partial charge in [-0.15, -0.1) is 11.3 Å². The molecule has 0 aliphatic rings. The highest BCUT2D eigenvalue weighted by Crippen LogP contribution is 2.19. The van der Waals surface area contributed by atoms with Crippen molar-refractivity contribution in [2.24, 2.45) is 0 Å². The molecule has 18 heavy (non-hydrogen) atoms. The van der Waals surface area contributed by atoms with Gasteiger partial charge in [-0.25, -0.2) is 4.98 Å². The van der Waals surface area contributed by atoms with E-state index < -0.39 is 0 Å². The predicted octanol–water partition coefficient (Wildman–Crippen LogP) is 2.16. The molecule has 0 atom stereocenters. The minimum absolute atomic E-state index is 0.0913. The zero-order valence-corrected chi connectivity index (χ0v) is 11.7. The third-order valence-electron chi connectivity index (χ3n) is 2.90. The van der Waals surface area contributed by atoms with Gasteiger partial charge in [0, 0.05) is 6.54 Å². The van der Waals surface area contributed by atoms with E-state index in [4.69, 9.17) is 0 Å². The van der Waals surface area contributed by atoms with Crippen molar-refractivity contribution in [2.75, 3.05) is 13.1 Å². The SMILES string of the molecule is CCCNCCCn1cnc2c(C)csc2c1=O. The van der Waals surface area contributed by atoms with Gasteiger partial charge in [0.1, 0.15) is 4.70 Å². The zero-order valence-electron chi connectivity index (χ0n) is 10.9. The molecule has 2 rings (SSSR count). The maximum Gasteiger partial charge on any atom is 0.271 e. The standard InChI is InChI=1S/C13H19N3OS/c1-3-5-14-6-4-7-16-9-15-11-10(2)8-18-12(11)13(16)17/h8-9,14H,3-7H2,1-2H3. The third kappa shape index (κ3) is 2.79. The molecule has 0 radical (unpaired) electrons. The Morgan fingerprint density at radius 2 is 2.28 bits per heavy atom. The van der Waals surface area contributed by atoms with Crippen molar-refractivity contribution in [3.8, 4) is 0 Å². The Morgan fingerprint density at radius 1 is 1.44 bits per heavy atom. The maximum atomic E-state index is 12.2. The zero-order chi connectivity index (χ0) is 13.0. The van der Waals surface area contributed by atoms with Crippen LogP contribution in [0.15, 0.2) is 16.5 Å². The summed E-state index contributed by atoms with van der Waals surface area (Å²) in [6.45, 7) is 6.85. The lowest BCUT2D eigenvalue weighted by molar-refractivity contribution is 0.566. The monoisotopic (exact) mass is 265 g/mol. The molecule has 0 amide bonds. The van der Waals surface area contributed by atoms with Gasteiger partial charge in [0.05, 0.1) is 11.8 Å². The molecule has 0 spiro atoms. The molecule has 2 aromatic heterocycles. The number of nitrogens with one attached hydrogen (secondary N) is 1. The van der Waals surface area contributed by atoms with Crippen molar-refractivity contribution in [1.29, 1.82) is 0 Å². The van der Waals surface area contributed by atoms with Gasteiger partial charge in [0.2, 0.25) is 0 Å². The molecule has 0 aliphatic carbocycles. The van der Waals surface area contributed by atoms with E-state index in [1.54, 1.807) is 10.9 Å². The Kier molecular flexibility index (Phi) is 4.49. The molecule has 0 aliphatic heterocycles. The molecule has 0 aromatic carbocycles. The van der Waals surface area contributed by atoms with E-state index in [1.807, 2.05) is 12.3 Å². The molecule has 0 bridgehead atoms. The van der Waals surface area contributed by atoms with Gasteiger partial charge in [-0.1, -0.05) is 6.92 Å². The van der Waals surface area contributed by atoms with E-state index in [-0.39, 0.29) is 5.56 Å². The van der Waals surface area contributed by atoms with Gasteiger partial charge in [-0.3, -0.25) is 9.36 Å². The fourth-order valence-electron chi connectivity index (χ4n) is 1.90. The molecule has 4 nitrogen and oxygen atoms in total. The van der Waals surface area contributed by atoms with Crippen LogP contribution in [0.2, 0.25) is 0 Å². The van der Waals surface area contributed by atoms with E-state index in [0.717, 1.165) is 48.3 Å². The molecule has 2 aromatic rings. The van der Waals surface area contributed by atoms with E-state index in [9.17, 15) is 4.79 Å². The van der Waals surface area contributed by atoms with Crippen LogP contribution in [0.25, 0.3) is 10.2 Å². The quantitative estimate of drug-likeness (QED) is 0.814. The molecule has 1 N–H and O–H groups in total. The van der Waals surface area contributed by atoms with Crippen LogP contribution in [0.5, 0.6) is 0 Å². The minimum atomic E-state index is 0.0913. The predicted molar refractivity (Wildman–Crippen MR) is 76.4 cm³/mol. The molecule has 98 valence electrons. The van der Waals surface area contributed by atoms with Crippen LogP contribution in [0.4, 0.5) is 0 Å². The number of hydrogen-bond acceptors (Lipinski definition) is 4. The first-order valence-corrected chi connectivity index (χ1v) is 7.26. The first-order chi connectivity index (χ1) is 8.74. The summed E-state index contributed by atoms with van der Waals surface area (Å²) in [6, 6.07) is 0. The second-order valence-electron chi connectivity index (χ2n) is 4.44. The Morgan fingerprint density at radius 3 is 3.06 bits per heavy atom. The molecule has 0 fully saturated rings. The average molecular weight is 265 g/mol. The largest absolute Gasteiger partial charge is 0.317 e. The summed E-state index contributed by atoms with van der Waals surface area (Å²) in [5, 5.41) is 5.33. The number of nitrogens with zero attached hydrogens (tertiary/aromatic N) is 2. The van der Waals surface area contributed by atoms with Crippen LogP contribution in [-0.2, 0) is 6.54 Å². The van der Waals surface area contributed by atoms with E-state index in [2.05, 4.69) is 17.2 Å². The second-order valence-corrected chi connectivity index (χ2v) is 5.32. The van der Waals surface area contributed by atoms with Crippen molar-refractivity contribution < 1.29 is 0 Å². The first-order valence-electron chi connectivity index (χ1n) is 6.38. The minimum Gasteiger partial charge on any atom is -0.317 e. The van der Waals surface area contributed by atoms with Crippen molar-refractivity contribution in [2.45, 2.75) is 33.2 Å². The molecule has 5 heteroatoms. The van der Waals surface area contributed by atoms with Crippen LogP contribution in [0.3, 0.4) is 0 Å². The summed E-state index contributed by atoms with van der Waals surface area (Å²) >= 11 is 1.49. The van der Waals surface area contributed by atoms with E-state index in [1.165, 1.54) is 11.3 Å². The Bertz CT molecular complexity index is 573. The van der Waals surface area contributed by atoms with E-state index in [0.29, 0.717) is 0 Å². The Hall–Kier alpha value is -1.20. The lowest BCUT2D eigenvalue weighted by atomic mass is 10.3. The molecule has 0 saturated heterocycles. The van der Waals surface area contributed by atoms with Gasteiger partial charge in [-0.05, 0) is 43.8 Å². The van der Waals surface area contributed by atoms with Crippen molar-refractivity contribution in [3.05, 3.63) is 27.6 Å². The molecule has 0 saturated carbocycles. The fourth-order valence-corrected chi connectivity index (χ4v) is 2.85. The van der Waals surface area contributed by atoms with Gasteiger partial charge >= 0.3 is 0 Å². The average Bonchev–Trinajstić information content (AvgIpc) is 2.74. The van der Waals surface area contributed by atoms with E-state index >= 15 is 0 Å². The normalized spacial score (nSPS) is 11.2.